The number of hydrogen-bond donors (Lipinski definition) is 2. The van der Waals surface area contributed by atoms with Crippen molar-refractivity contribution in [3.8, 4) is 0 Å². The Hall–Kier alpha value is -0.750. The van der Waals surface area contributed by atoms with Gasteiger partial charge in [-0.2, -0.15) is 0 Å². The topological polar surface area (TPSA) is 61.4 Å². The summed E-state index contributed by atoms with van der Waals surface area (Å²) in [5.41, 5.74) is 0. The van der Waals surface area contributed by atoms with E-state index in [1.54, 1.807) is 0 Å². The highest BCUT2D eigenvalue weighted by atomic mass is 32.2. The number of rotatable bonds is 6. The standard InChI is InChI=1S/C18H31N3O2S/c1-12(2)8-16(22)21-7-3-4-14(10-21)18-20-15(11-24-18)9-19-17(23)13-5-6-13/h12-15,18,20H,3-11H2,1-2H3,(H,19,23). The van der Waals surface area contributed by atoms with Gasteiger partial charge >= 0.3 is 0 Å². The van der Waals surface area contributed by atoms with E-state index in [-0.39, 0.29) is 11.8 Å². The first-order valence-electron chi connectivity index (χ1n) is 9.46. The molecule has 5 nitrogen and oxygen atoms in total. The van der Waals surface area contributed by atoms with Crippen molar-refractivity contribution in [2.75, 3.05) is 25.4 Å². The molecule has 0 aromatic heterocycles. The predicted molar refractivity (Wildman–Crippen MR) is 97.7 cm³/mol. The van der Waals surface area contributed by atoms with Gasteiger partial charge in [0.25, 0.3) is 0 Å². The van der Waals surface area contributed by atoms with E-state index in [1.807, 2.05) is 11.8 Å². The monoisotopic (exact) mass is 353 g/mol. The van der Waals surface area contributed by atoms with Gasteiger partial charge in [0.2, 0.25) is 11.8 Å². The third-order valence-electron chi connectivity index (χ3n) is 5.17. The molecule has 2 heterocycles. The highest BCUT2D eigenvalue weighted by Crippen LogP contribution is 2.32. The summed E-state index contributed by atoms with van der Waals surface area (Å²) in [6.45, 7) is 6.75. The second-order valence-corrected chi connectivity index (χ2v) is 9.15. The summed E-state index contributed by atoms with van der Waals surface area (Å²) in [4.78, 5) is 26.2. The van der Waals surface area contributed by atoms with E-state index in [0.29, 0.717) is 35.6 Å². The van der Waals surface area contributed by atoms with Gasteiger partial charge in [0.1, 0.15) is 0 Å². The van der Waals surface area contributed by atoms with Crippen LogP contribution in [0.2, 0.25) is 0 Å². The van der Waals surface area contributed by atoms with Crippen LogP contribution in [-0.2, 0) is 9.59 Å². The van der Waals surface area contributed by atoms with Crippen LogP contribution in [0.15, 0.2) is 0 Å². The Bertz CT molecular complexity index is 467. The Morgan fingerprint density at radius 3 is 2.79 bits per heavy atom. The number of piperidine rings is 1. The second-order valence-electron chi connectivity index (χ2n) is 7.98. The smallest absolute Gasteiger partial charge is 0.223 e. The van der Waals surface area contributed by atoms with Crippen molar-refractivity contribution < 1.29 is 9.59 Å². The normalized spacial score (nSPS) is 30.6. The maximum atomic E-state index is 12.3. The summed E-state index contributed by atoms with van der Waals surface area (Å²) in [7, 11) is 0. The molecule has 6 heteroatoms. The molecule has 3 unspecified atom stereocenters. The number of likely N-dealkylation sites (tertiary alicyclic amines) is 1. The van der Waals surface area contributed by atoms with E-state index < -0.39 is 0 Å². The number of thioether (sulfide) groups is 1. The lowest BCUT2D eigenvalue weighted by Gasteiger charge is -2.36. The van der Waals surface area contributed by atoms with Crippen LogP contribution in [0, 0.1) is 17.8 Å². The van der Waals surface area contributed by atoms with Crippen LogP contribution < -0.4 is 10.6 Å². The van der Waals surface area contributed by atoms with Crippen LogP contribution in [0.5, 0.6) is 0 Å². The van der Waals surface area contributed by atoms with Crippen LogP contribution in [0.4, 0.5) is 0 Å². The molecule has 0 aromatic carbocycles. The highest BCUT2D eigenvalue weighted by Gasteiger charge is 2.35. The third kappa shape index (κ3) is 4.88. The van der Waals surface area contributed by atoms with Gasteiger partial charge in [-0.15, -0.1) is 11.8 Å². The zero-order chi connectivity index (χ0) is 17.1. The summed E-state index contributed by atoms with van der Waals surface area (Å²) < 4.78 is 0. The number of carbonyl (C=O) groups is 2. The van der Waals surface area contributed by atoms with E-state index in [1.165, 1.54) is 6.42 Å². The summed E-state index contributed by atoms with van der Waals surface area (Å²) in [5.74, 6) is 2.83. The Morgan fingerprint density at radius 2 is 2.08 bits per heavy atom. The number of carbonyl (C=O) groups excluding carboxylic acids is 2. The lowest BCUT2D eigenvalue weighted by molar-refractivity contribution is -0.133. The van der Waals surface area contributed by atoms with Gasteiger partial charge in [-0.25, -0.2) is 0 Å². The van der Waals surface area contributed by atoms with Crippen molar-refractivity contribution in [1.29, 1.82) is 0 Å². The lowest BCUT2D eigenvalue weighted by Crippen LogP contribution is -2.48. The van der Waals surface area contributed by atoms with Gasteiger partial charge in [-0.3, -0.25) is 14.9 Å². The molecule has 3 aliphatic rings. The fourth-order valence-corrected chi connectivity index (χ4v) is 5.05. The van der Waals surface area contributed by atoms with Gasteiger partial charge in [0, 0.05) is 49.7 Å². The van der Waals surface area contributed by atoms with E-state index in [2.05, 4.69) is 29.4 Å². The fraction of sp³-hybridized carbons (Fsp3) is 0.889. The quantitative estimate of drug-likeness (QED) is 0.765. The van der Waals surface area contributed by atoms with Crippen LogP contribution in [0.1, 0.15) is 46.0 Å². The Labute approximate surface area is 149 Å². The minimum Gasteiger partial charge on any atom is -0.354 e. The minimum absolute atomic E-state index is 0.230. The molecule has 0 bridgehead atoms. The van der Waals surface area contributed by atoms with E-state index in [0.717, 1.165) is 44.6 Å². The van der Waals surface area contributed by atoms with Crippen molar-refractivity contribution >= 4 is 23.6 Å². The first-order chi connectivity index (χ1) is 11.5. The second kappa shape index (κ2) is 8.09. The molecule has 1 saturated carbocycles. The average molecular weight is 354 g/mol. The Balaban J connectivity index is 1.42. The molecule has 3 atom stereocenters. The van der Waals surface area contributed by atoms with Gasteiger partial charge in [-0.1, -0.05) is 13.8 Å². The summed E-state index contributed by atoms with van der Waals surface area (Å²) in [5, 5.41) is 7.18. The third-order valence-corrected chi connectivity index (χ3v) is 6.64. The summed E-state index contributed by atoms with van der Waals surface area (Å²) >= 11 is 1.96. The van der Waals surface area contributed by atoms with E-state index >= 15 is 0 Å². The van der Waals surface area contributed by atoms with E-state index in [9.17, 15) is 9.59 Å². The summed E-state index contributed by atoms with van der Waals surface area (Å²) in [6, 6.07) is 0.365. The zero-order valence-corrected chi connectivity index (χ0v) is 15.7. The molecule has 24 heavy (non-hydrogen) atoms. The van der Waals surface area contributed by atoms with Crippen LogP contribution in [0.25, 0.3) is 0 Å². The van der Waals surface area contributed by atoms with E-state index in [4.69, 9.17) is 0 Å². The average Bonchev–Trinajstić information content (AvgIpc) is 3.30. The molecule has 136 valence electrons. The molecule has 2 aliphatic heterocycles. The maximum absolute atomic E-state index is 12.3. The fourth-order valence-electron chi connectivity index (χ4n) is 3.61. The summed E-state index contributed by atoms with van der Waals surface area (Å²) in [6.07, 6.45) is 5.08. The van der Waals surface area contributed by atoms with Gasteiger partial charge in [0.15, 0.2) is 0 Å². The van der Waals surface area contributed by atoms with Crippen molar-refractivity contribution in [3.63, 3.8) is 0 Å². The van der Waals surface area contributed by atoms with Crippen molar-refractivity contribution in [3.05, 3.63) is 0 Å². The van der Waals surface area contributed by atoms with Crippen LogP contribution >= 0.6 is 11.8 Å². The molecule has 3 rings (SSSR count). The molecule has 0 radical (unpaired) electrons. The highest BCUT2D eigenvalue weighted by molar-refractivity contribution is 8.00. The first kappa shape index (κ1) is 18.1. The maximum Gasteiger partial charge on any atom is 0.223 e. The Kier molecular flexibility index (Phi) is 6.08. The van der Waals surface area contributed by atoms with Crippen molar-refractivity contribution in [2.24, 2.45) is 17.8 Å². The molecule has 1 aliphatic carbocycles. The molecule has 2 N–H and O–H groups in total. The molecule has 3 fully saturated rings. The first-order valence-corrected chi connectivity index (χ1v) is 10.5. The van der Waals surface area contributed by atoms with Crippen molar-refractivity contribution in [2.45, 2.75) is 57.4 Å². The molecule has 0 aromatic rings. The number of nitrogens with one attached hydrogen (secondary N) is 2. The minimum atomic E-state index is 0.230. The van der Waals surface area contributed by atoms with Gasteiger partial charge in [-0.05, 0) is 31.6 Å². The van der Waals surface area contributed by atoms with Crippen LogP contribution in [-0.4, -0.2) is 53.5 Å². The number of nitrogens with zero attached hydrogens (tertiary/aromatic N) is 1. The van der Waals surface area contributed by atoms with Crippen LogP contribution in [0.3, 0.4) is 0 Å². The van der Waals surface area contributed by atoms with Gasteiger partial charge in [0.05, 0.1) is 5.37 Å². The van der Waals surface area contributed by atoms with Crippen molar-refractivity contribution in [1.82, 2.24) is 15.5 Å². The Morgan fingerprint density at radius 1 is 1.29 bits per heavy atom. The number of hydrogen-bond acceptors (Lipinski definition) is 4. The molecule has 2 saturated heterocycles. The van der Waals surface area contributed by atoms with Gasteiger partial charge < -0.3 is 10.2 Å². The molecule has 0 spiro atoms. The molecule has 2 amide bonds. The SMILES string of the molecule is CC(C)CC(=O)N1CCCC(C2NC(CNC(=O)C3CC3)CS2)C1. The number of amides is 2. The zero-order valence-electron chi connectivity index (χ0n) is 14.9. The largest absolute Gasteiger partial charge is 0.354 e. The molecular weight excluding hydrogens is 322 g/mol. The molecular formula is C18H31N3O2S. The lowest BCUT2D eigenvalue weighted by atomic mass is 9.96. The predicted octanol–water partition coefficient (Wildman–Crippen LogP) is 1.83.